The number of hydrogen-bond acceptors (Lipinski definition) is 6. The van der Waals surface area contributed by atoms with Gasteiger partial charge >= 0.3 is 0 Å². The Balaban J connectivity index is 1.67. The van der Waals surface area contributed by atoms with E-state index in [1.807, 2.05) is 48.7 Å². The number of nitrogens with zero attached hydrogens (tertiary/aromatic N) is 1. The van der Waals surface area contributed by atoms with Gasteiger partial charge in [-0.3, -0.25) is 9.69 Å². The SMILES string of the molecule is COc1ccc(OC)c(C(C)NC(=O)CN(Cc2ccco2)Cc2cccs2)c1. The molecule has 1 aromatic carbocycles. The zero-order chi connectivity index (χ0) is 20.6. The van der Waals surface area contributed by atoms with E-state index in [1.165, 1.54) is 4.88 Å². The van der Waals surface area contributed by atoms with Crippen LogP contribution in [-0.2, 0) is 17.9 Å². The van der Waals surface area contributed by atoms with Crippen molar-refractivity contribution < 1.29 is 18.7 Å². The molecule has 3 aromatic rings. The smallest absolute Gasteiger partial charge is 0.234 e. The lowest BCUT2D eigenvalue weighted by Gasteiger charge is -2.23. The van der Waals surface area contributed by atoms with Gasteiger partial charge in [-0.15, -0.1) is 11.3 Å². The molecule has 0 saturated heterocycles. The van der Waals surface area contributed by atoms with Crippen LogP contribution in [0.3, 0.4) is 0 Å². The highest BCUT2D eigenvalue weighted by molar-refractivity contribution is 7.09. The van der Waals surface area contributed by atoms with Crippen molar-refractivity contribution >= 4 is 17.2 Å². The summed E-state index contributed by atoms with van der Waals surface area (Å²) in [6.07, 6.45) is 1.65. The molecule has 0 fully saturated rings. The molecule has 154 valence electrons. The van der Waals surface area contributed by atoms with Crippen LogP contribution in [0, 0.1) is 0 Å². The summed E-state index contributed by atoms with van der Waals surface area (Å²) in [5, 5.41) is 5.11. The number of hydrogen-bond donors (Lipinski definition) is 1. The van der Waals surface area contributed by atoms with E-state index in [9.17, 15) is 4.79 Å². The van der Waals surface area contributed by atoms with Gasteiger partial charge in [-0.1, -0.05) is 6.07 Å². The molecule has 0 bridgehead atoms. The maximum atomic E-state index is 12.8. The van der Waals surface area contributed by atoms with Crippen LogP contribution in [0.4, 0.5) is 0 Å². The number of benzene rings is 1. The molecule has 0 aliphatic heterocycles. The first-order valence-electron chi connectivity index (χ1n) is 9.37. The summed E-state index contributed by atoms with van der Waals surface area (Å²) in [5.41, 5.74) is 0.871. The Hall–Kier alpha value is -2.77. The molecule has 7 heteroatoms. The normalized spacial score (nSPS) is 12.0. The van der Waals surface area contributed by atoms with Gasteiger partial charge in [-0.25, -0.2) is 0 Å². The Bertz CT molecular complexity index is 857. The molecule has 29 heavy (non-hydrogen) atoms. The van der Waals surface area contributed by atoms with Gasteiger partial charge in [0.25, 0.3) is 0 Å². The topological polar surface area (TPSA) is 63.9 Å². The van der Waals surface area contributed by atoms with Gasteiger partial charge in [0, 0.05) is 17.0 Å². The van der Waals surface area contributed by atoms with Crippen LogP contribution in [0.25, 0.3) is 0 Å². The third kappa shape index (κ3) is 5.85. The molecule has 6 nitrogen and oxygen atoms in total. The molecule has 0 saturated carbocycles. The third-order valence-corrected chi connectivity index (χ3v) is 5.43. The van der Waals surface area contributed by atoms with E-state index >= 15 is 0 Å². The molecule has 2 aromatic heterocycles. The fourth-order valence-corrected chi connectivity index (χ4v) is 3.91. The zero-order valence-electron chi connectivity index (χ0n) is 16.9. The van der Waals surface area contributed by atoms with Crippen molar-refractivity contribution in [2.45, 2.75) is 26.1 Å². The Morgan fingerprint density at radius 3 is 2.69 bits per heavy atom. The number of carbonyl (C=O) groups excluding carboxylic acids is 1. The maximum Gasteiger partial charge on any atom is 0.234 e. The van der Waals surface area contributed by atoms with Gasteiger partial charge in [-0.05, 0) is 48.7 Å². The summed E-state index contributed by atoms with van der Waals surface area (Å²) in [7, 11) is 3.23. The van der Waals surface area contributed by atoms with E-state index in [2.05, 4.69) is 16.3 Å². The average Bonchev–Trinajstić information content (AvgIpc) is 3.41. The van der Waals surface area contributed by atoms with Crippen LogP contribution < -0.4 is 14.8 Å². The van der Waals surface area contributed by atoms with Gasteiger partial charge in [-0.2, -0.15) is 0 Å². The molecule has 0 radical (unpaired) electrons. The Morgan fingerprint density at radius 2 is 2.03 bits per heavy atom. The highest BCUT2D eigenvalue weighted by atomic mass is 32.1. The predicted molar refractivity (Wildman–Crippen MR) is 113 cm³/mol. The summed E-state index contributed by atoms with van der Waals surface area (Å²) in [6, 6.07) is 13.2. The fraction of sp³-hybridized carbons (Fsp3) is 0.318. The molecule has 1 atom stereocenters. The minimum atomic E-state index is -0.222. The summed E-state index contributed by atoms with van der Waals surface area (Å²) in [5.74, 6) is 2.20. The van der Waals surface area contributed by atoms with E-state index in [4.69, 9.17) is 13.9 Å². The quantitative estimate of drug-likeness (QED) is 0.538. The van der Waals surface area contributed by atoms with Crippen molar-refractivity contribution in [1.29, 1.82) is 0 Å². The standard InChI is InChI=1S/C22H26N2O4S/c1-16(20-12-17(26-2)8-9-21(20)27-3)23-22(25)15-24(13-18-6-4-10-28-18)14-19-7-5-11-29-19/h4-12,16H,13-15H2,1-3H3,(H,23,25). The van der Waals surface area contributed by atoms with Crippen molar-refractivity contribution in [3.05, 3.63) is 70.3 Å². The molecular weight excluding hydrogens is 388 g/mol. The molecule has 0 aliphatic rings. The predicted octanol–water partition coefficient (Wildman–Crippen LogP) is 4.24. The van der Waals surface area contributed by atoms with E-state index in [0.717, 1.165) is 17.1 Å². The van der Waals surface area contributed by atoms with Crippen LogP contribution in [-0.4, -0.2) is 31.6 Å². The van der Waals surface area contributed by atoms with Gasteiger partial charge in [0.05, 0.1) is 39.6 Å². The van der Waals surface area contributed by atoms with Crippen LogP contribution in [0.5, 0.6) is 11.5 Å². The lowest BCUT2D eigenvalue weighted by atomic mass is 10.1. The van der Waals surface area contributed by atoms with E-state index < -0.39 is 0 Å². The lowest BCUT2D eigenvalue weighted by Crippen LogP contribution is -2.37. The van der Waals surface area contributed by atoms with Gasteiger partial charge in [0.2, 0.25) is 5.91 Å². The molecule has 2 heterocycles. The van der Waals surface area contributed by atoms with Crippen LogP contribution >= 0.6 is 11.3 Å². The first kappa shape index (κ1) is 21.0. The number of amides is 1. The number of methoxy groups -OCH3 is 2. The van der Waals surface area contributed by atoms with Gasteiger partial charge < -0.3 is 19.2 Å². The van der Waals surface area contributed by atoms with Crippen LogP contribution in [0.15, 0.2) is 58.5 Å². The fourth-order valence-electron chi connectivity index (χ4n) is 3.16. The largest absolute Gasteiger partial charge is 0.497 e. The van der Waals surface area contributed by atoms with Gasteiger partial charge in [0.15, 0.2) is 0 Å². The second-order valence-electron chi connectivity index (χ2n) is 6.70. The molecule has 1 amide bonds. The van der Waals surface area contributed by atoms with Gasteiger partial charge in [0.1, 0.15) is 17.3 Å². The molecule has 1 unspecified atom stereocenters. The van der Waals surface area contributed by atoms with Crippen molar-refractivity contribution in [3.63, 3.8) is 0 Å². The van der Waals surface area contributed by atoms with E-state index in [1.54, 1.807) is 31.8 Å². The summed E-state index contributed by atoms with van der Waals surface area (Å²) >= 11 is 1.68. The monoisotopic (exact) mass is 414 g/mol. The van der Waals surface area contributed by atoms with Crippen molar-refractivity contribution in [3.8, 4) is 11.5 Å². The zero-order valence-corrected chi connectivity index (χ0v) is 17.7. The summed E-state index contributed by atoms with van der Waals surface area (Å²) < 4.78 is 16.2. The maximum absolute atomic E-state index is 12.8. The van der Waals surface area contributed by atoms with Crippen molar-refractivity contribution in [2.24, 2.45) is 0 Å². The summed E-state index contributed by atoms with van der Waals surface area (Å²) in [4.78, 5) is 16.1. The minimum absolute atomic E-state index is 0.0644. The third-order valence-electron chi connectivity index (χ3n) is 4.57. The minimum Gasteiger partial charge on any atom is -0.497 e. The Morgan fingerprint density at radius 1 is 1.17 bits per heavy atom. The first-order valence-corrected chi connectivity index (χ1v) is 10.3. The molecular formula is C22H26N2O4S. The Kier molecular flexibility index (Phi) is 7.32. The number of rotatable bonds is 10. The molecule has 1 N–H and O–H groups in total. The van der Waals surface area contributed by atoms with Crippen LogP contribution in [0.1, 0.15) is 29.2 Å². The van der Waals surface area contributed by atoms with Crippen LogP contribution in [0.2, 0.25) is 0 Å². The lowest BCUT2D eigenvalue weighted by molar-refractivity contribution is -0.123. The molecule has 3 rings (SSSR count). The highest BCUT2D eigenvalue weighted by Gasteiger charge is 2.18. The highest BCUT2D eigenvalue weighted by Crippen LogP contribution is 2.29. The molecule has 0 spiro atoms. The number of furan rings is 1. The van der Waals surface area contributed by atoms with Crippen molar-refractivity contribution in [2.75, 3.05) is 20.8 Å². The first-order chi connectivity index (χ1) is 14.1. The summed E-state index contributed by atoms with van der Waals surface area (Å²) in [6.45, 7) is 3.44. The number of ether oxygens (including phenoxy) is 2. The number of thiophene rings is 1. The average molecular weight is 415 g/mol. The van der Waals surface area contributed by atoms with E-state index in [0.29, 0.717) is 18.8 Å². The molecule has 0 aliphatic carbocycles. The number of carbonyl (C=O) groups is 1. The Labute approximate surface area is 175 Å². The second-order valence-corrected chi connectivity index (χ2v) is 7.73. The second kappa shape index (κ2) is 10.1. The van der Waals surface area contributed by atoms with E-state index in [-0.39, 0.29) is 18.5 Å². The number of nitrogens with one attached hydrogen (secondary N) is 1. The van der Waals surface area contributed by atoms with Crippen molar-refractivity contribution in [1.82, 2.24) is 10.2 Å².